The van der Waals surface area contributed by atoms with Crippen LogP contribution in [0.15, 0.2) is 24.3 Å². The van der Waals surface area contributed by atoms with Gasteiger partial charge in [0.1, 0.15) is 0 Å². The first kappa shape index (κ1) is 12.6. The summed E-state index contributed by atoms with van der Waals surface area (Å²) in [4.78, 5) is 14.8. The number of thiophene rings is 1. The van der Waals surface area contributed by atoms with Crippen molar-refractivity contribution in [1.29, 1.82) is 0 Å². The Labute approximate surface area is 118 Å². The topological polar surface area (TPSA) is 17.1 Å². The Morgan fingerprint density at radius 3 is 2.84 bits per heavy atom. The second-order valence-electron chi connectivity index (χ2n) is 5.44. The van der Waals surface area contributed by atoms with Crippen LogP contribution in [0.3, 0.4) is 0 Å². The summed E-state index contributed by atoms with van der Waals surface area (Å²) in [5.41, 5.74) is 5.01. The number of rotatable bonds is 3. The Hall–Kier alpha value is -1.41. The highest BCUT2D eigenvalue weighted by atomic mass is 32.1. The average molecular weight is 270 g/mol. The molecule has 2 heteroatoms. The lowest BCUT2D eigenvalue weighted by atomic mass is 10.0. The molecule has 1 aliphatic rings. The third-order valence-electron chi connectivity index (χ3n) is 3.88. The van der Waals surface area contributed by atoms with Gasteiger partial charge in [0, 0.05) is 11.3 Å². The van der Waals surface area contributed by atoms with E-state index >= 15 is 0 Å². The number of ketones is 1. The van der Waals surface area contributed by atoms with Gasteiger partial charge in [-0.25, -0.2) is 0 Å². The number of hydrogen-bond acceptors (Lipinski definition) is 2. The second kappa shape index (κ2) is 4.93. The molecule has 1 heterocycles. The molecule has 98 valence electrons. The Kier molecular flexibility index (Phi) is 3.28. The average Bonchev–Trinajstić information content (AvgIpc) is 2.94. The summed E-state index contributed by atoms with van der Waals surface area (Å²) in [5, 5.41) is 0. The quantitative estimate of drug-likeness (QED) is 0.761. The molecule has 0 atom stereocenters. The Bertz CT molecular complexity index is 615. The van der Waals surface area contributed by atoms with Gasteiger partial charge in [-0.15, -0.1) is 11.3 Å². The van der Waals surface area contributed by atoms with Gasteiger partial charge in [-0.05, 0) is 55.9 Å². The zero-order chi connectivity index (χ0) is 13.4. The van der Waals surface area contributed by atoms with Gasteiger partial charge in [0.2, 0.25) is 0 Å². The smallest absolute Gasteiger partial charge is 0.177 e. The predicted molar refractivity (Wildman–Crippen MR) is 80.3 cm³/mol. The van der Waals surface area contributed by atoms with E-state index < -0.39 is 0 Å². The number of Topliss-reactive ketones (excluding diaryl/α,β-unsaturated/α-hetero) is 1. The maximum Gasteiger partial charge on any atom is 0.177 e. The van der Waals surface area contributed by atoms with Crippen LogP contribution >= 0.6 is 11.3 Å². The summed E-state index contributed by atoms with van der Waals surface area (Å²) < 4.78 is 0. The number of fused-ring (bicyclic) bond motifs is 1. The fourth-order valence-electron chi connectivity index (χ4n) is 2.72. The van der Waals surface area contributed by atoms with Crippen LogP contribution in [-0.2, 0) is 19.3 Å². The summed E-state index contributed by atoms with van der Waals surface area (Å²) in [7, 11) is 0. The van der Waals surface area contributed by atoms with E-state index in [9.17, 15) is 4.79 Å². The standard InChI is InChI=1S/C17H18OS/c1-11-6-7-12(2)14(8-11)9-15(18)17-10-13-4-3-5-16(13)19-17/h6-8,10H,3-5,9H2,1-2H3. The molecular weight excluding hydrogens is 252 g/mol. The number of hydrogen-bond donors (Lipinski definition) is 0. The summed E-state index contributed by atoms with van der Waals surface area (Å²) in [6.45, 7) is 4.16. The van der Waals surface area contributed by atoms with Crippen LogP contribution in [0.2, 0.25) is 0 Å². The minimum Gasteiger partial charge on any atom is -0.293 e. The maximum atomic E-state index is 12.4. The van der Waals surface area contributed by atoms with Gasteiger partial charge in [-0.1, -0.05) is 23.8 Å². The van der Waals surface area contributed by atoms with Crippen LogP contribution in [0.5, 0.6) is 0 Å². The van der Waals surface area contributed by atoms with E-state index in [1.165, 1.54) is 33.6 Å². The van der Waals surface area contributed by atoms with Gasteiger partial charge in [0.05, 0.1) is 4.88 Å². The molecule has 1 aliphatic carbocycles. The molecule has 0 amide bonds. The summed E-state index contributed by atoms with van der Waals surface area (Å²) in [5.74, 6) is 0.271. The van der Waals surface area contributed by atoms with E-state index in [0.717, 1.165) is 17.7 Å². The van der Waals surface area contributed by atoms with E-state index in [1.54, 1.807) is 11.3 Å². The van der Waals surface area contributed by atoms with Crippen LogP contribution in [-0.4, -0.2) is 5.78 Å². The number of benzene rings is 1. The third-order valence-corrected chi connectivity index (χ3v) is 5.16. The van der Waals surface area contributed by atoms with Crippen molar-refractivity contribution in [3.05, 3.63) is 56.3 Å². The van der Waals surface area contributed by atoms with Crippen LogP contribution in [0, 0.1) is 13.8 Å². The minimum atomic E-state index is 0.271. The van der Waals surface area contributed by atoms with Crippen molar-refractivity contribution >= 4 is 17.1 Å². The molecule has 0 aliphatic heterocycles. The Balaban J connectivity index is 1.82. The SMILES string of the molecule is Cc1ccc(C)c(CC(=O)c2cc3c(s2)CCC3)c1. The molecule has 0 fully saturated rings. The van der Waals surface area contributed by atoms with Gasteiger partial charge >= 0.3 is 0 Å². The van der Waals surface area contributed by atoms with Crippen molar-refractivity contribution in [3.63, 3.8) is 0 Å². The molecule has 0 radical (unpaired) electrons. The van der Waals surface area contributed by atoms with E-state index in [0.29, 0.717) is 6.42 Å². The van der Waals surface area contributed by atoms with Crippen molar-refractivity contribution in [2.45, 2.75) is 39.5 Å². The zero-order valence-corrected chi connectivity index (χ0v) is 12.3. The van der Waals surface area contributed by atoms with Crippen LogP contribution in [0.25, 0.3) is 0 Å². The first-order chi connectivity index (χ1) is 9.13. The van der Waals surface area contributed by atoms with E-state index in [2.05, 4.69) is 38.1 Å². The molecule has 3 rings (SSSR count). The molecule has 0 saturated carbocycles. The van der Waals surface area contributed by atoms with Crippen molar-refractivity contribution in [2.75, 3.05) is 0 Å². The summed E-state index contributed by atoms with van der Waals surface area (Å²) >= 11 is 1.71. The lowest BCUT2D eigenvalue weighted by Gasteiger charge is -2.05. The molecule has 1 nitrogen and oxygen atoms in total. The number of carbonyl (C=O) groups is 1. The monoisotopic (exact) mass is 270 g/mol. The van der Waals surface area contributed by atoms with Gasteiger partial charge in [0.15, 0.2) is 5.78 Å². The van der Waals surface area contributed by atoms with Gasteiger partial charge in [-0.3, -0.25) is 4.79 Å². The molecule has 1 aromatic carbocycles. The first-order valence-corrected chi connectivity index (χ1v) is 7.66. The predicted octanol–water partition coefficient (Wildman–Crippen LogP) is 4.28. The molecule has 0 N–H and O–H groups in total. The van der Waals surface area contributed by atoms with Gasteiger partial charge in [0.25, 0.3) is 0 Å². The summed E-state index contributed by atoms with van der Waals surface area (Å²) in [6, 6.07) is 8.46. The van der Waals surface area contributed by atoms with Crippen molar-refractivity contribution in [3.8, 4) is 0 Å². The fraction of sp³-hybridized carbons (Fsp3) is 0.353. The Morgan fingerprint density at radius 2 is 2.05 bits per heavy atom. The van der Waals surface area contributed by atoms with Gasteiger partial charge in [-0.2, -0.15) is 0 Å². The molecule has 0 saturated heterocycles. The fourth-order valence-corrected chi connectivity index (χ4v) is 3.91. The van der Waals surface area contributed by atoms with Crippen molar-refractivity contribution < 1.29 is 4.79 Å². The van der Waals surface area contributed by atoms with Crippen LogP contribution < -0.4 is 0 Å². The molecule has 2 aromatic rings. The summed E-state index contributed by atoms with van der Waals surface area (Å²) in [6.07, 6.45) is 4.11. The van der Waals surface area contributed by atoms with E-state index in [1.807, 2.05) is 0 Å². The minimum absolute atomic E-state index is 0.271. The van der Waals surface area contributed by atoms with Gasteiger partial charge < -0.3 is 0 Å². The van der Waals surface area contributed by atoms with E-state index in [4.69, 9.17) is 0 Å². The number of carbonyl (C=O) groups excluding carboxylic acids is 1. The molecule has 19 heavy (non-hydrogen) atoms. The molecule has 0 spiro atoms. The first-order valence-electron chi connectivity index (χ1n) is 6.84. The molecular formula is C17H18OS. The van der Waals surface area contributed by atoms with E-state index in [-0.39, 0.29) is 5.78 Å². The maximum absolute atomic E-state index is 12.4. The highest BCUT2D eigenvalue weighted by Gasteiger charge is 2.18. The molecule has 0 bridgehead atoms. The highest BCUT2D eigenvalue weighted by Crippen LogP contribution is 2.31. The van der Waals surface area contributed by atoms with Crippen molar-refractivity contribution in [1.82, 2.24) is 0 Å². The lowest BCUT2D eigenvalue weighted by molar-refractivity contribution is 0.0996. The normalized spacial score (nSPS) is 13.6. The van der Waals surface area contributed by atoms with Crippen LogP contribution in [0.1, 0.15) is 43.2 Å². The third kappa shape index (κ3) is 2.50. The zero-order valence-electron chi connectivity index (χ0n) is 11.5. The highest BCUT2D eigenvalue weighted by molar-refractivity contribution is 7.14. The molecule has 1 aromatic heterocycles. The lowest BCUT2D eigenvalue weighted by Crippen LogP contribution is -2.03. The van der Waals surface area contributed by atoms with Crippen molar-refractivity contribution in [2.24, 2.45) is 0 Å². The Morgan fingerprint density at radius 1 is 1.21 bits per heavy atom. The second-order valence-corrected chi connectivity index (χ2v) is 6.58. The molecule has 0 unspecified atom stereocenters. The number of aryl methyl sites for hydroxylation is 4. The largest absolute Gasteiger partial charge is 0.293 e. The van der Waals surface area contributed by atoms with Crippen LogP contribution in [0.4, 0.5) is 0 Å².